The molecule has 0 aliphatic heterocycles. The van der Waals surface area contributed by atoms with E-state index in [1.807, 2.05) is 11.8 Å². The lowest BCUT2D eigenvalue weighted by Gasteiger charge is -2.40. The predicted octanol–water partition coefficient (Wildman–Crippen LogP) is 0.869. The Morgan fingerprint density at radius 2 is 2.29 bits per heavy atom. The summed E-state index contributed by atoms with van der Waals surface area (Å²) in [5, 5.41) is 12.7. The number of rotatable bonds is 7. The quantitative estimate of drug-likeness (QED) is 0.667. The predicted molar refractivity (Wildman–Crippen MR) is 60.8 cm³/mol. The zero-order valence-electron chi connectivity index (χ0n) is 9.08. The summed E-state index contributed by atoms with van der Waals surface area (Å²) in [4.78, 5) is 0. The van der Waals surface area contributed by atoms with Gasteiger partial charge in [0.05, 0.1) is 12.7 Å². The van der Waals surface area contributed by atoms with Gasteiger partial charge in [0.15, 0.2) is 0 Å². The van der Waals surface area contributed by atoms with Crippen LogP contribution in [0.2, 0.25) is 0 Å². The van der Waals surface area contributed by atoms with Gasteiger partial charge in [0.2, 0.25) is 0 Å². The van der Waals surface area contributed by atoms with Crippen molar-refractivity contribution in [3.63, 3.8) is 0 Å². The lowest BCUT2D eigenvalue weighted by molar-refractivity contribution is 0.0637. The van der Waals surface area contributed by atoms with Gasteiger partial charge in [0.1, 0.15) is 0 Å². The molecule has 1 aliphatic carbocycles. The van der Waals surface area contributed by atoms with E-state index in [0.29, 0.717) is 17.9 Å². The lowest BCUT2D eigenvalue weighted by Crippen LogP contribution is -2.45. The average Bonchev–Trinajstić information content (AvgIpc) is 2.10. The first-order valence-corrected chi connectivity index (χ1v) is 6.38. The highest BCUT2D eigenvalue weighted by Gasteiger charge is 2.35. The van der Waals surface area contributed by atoms with Crippen LogP contribution in [0.15, 0.2) is 0 Å². The van der Waals surface area contributed by atoms with E-state index in [2.05, 4.69) is 11.6 Å². The highest BCUT2D eigenvalue weighted by atomic mass is 32.2. The minimum atomic E-state index is -0.376. The zero-order chi connectivity index (χ0) is 10.4. The van der Waals surface area contributed by atoms with Crippen molar-refractivity contribution in [2.45, 2.75) is 30.1 Å². The third-order valence-electron chi connectivity index (χ3n) is 2.88. The highest BCUT2D eigenvalue weighted by molar-refractivity contribution is 8.00. The Morgan fingerprint density at radius 1 is 1.57 bits per heavy atom. The second-order valence-electron chi connectivity index (χ2n) is 3.98. The molecular weight excluding hydrogens is 198 g/mol. The number of thioether (sulfide) groups is 1. The summed E-state index contributed by atoms with van der Waals surface area (Å²) in [6.45, 7) is 2.06. The number of methoxy groups -OCH3 is 1. The maximum atomic E-state index is 9.42. The van der Waals surface area contributed by atoms with E-state index in [4.69, 9.17) is 4.74 Å². The van der Waals surface area contributed by atoms with E-state index in [9.17, 15) is 5.11 Å². The van der Waals surface area contributed by atoms with Crippen LogP contribution in [0, 0.1) is 0 Å². The van der Waals surface area contributed by atoms with Crippen LogP contribution in [0.3, 0.4) is 0 Å². The normalized spacial score (nSPS) is 21.6. The molecule has 1 saturated carbocycles. The Bertz CT molecular complexity index is 157. The van der Waals surface area contributed by atoms with Crippen molar-refractivity contribution in [3.8, 4) is 0 Å². The zero-order valence-corrected chi connectivity index (χ0v) is 9.90. The molecule has 1 rings (SSSR count). The Morgan fingerprint density at radius 3 is 2.71 bits per heavy atom. The van der Waals surface area contributed by atoms with Gasteiger partial charge in [-0.25, -0.2) is 0 Å². The Hall–Kier alpha value is 0.230. The SMILES string of the molecule is COCC(O)CNCC1(SC)CCC1. The summed E-state index contributed by atoms with van der Waals surface area (Å²) in [5.41, 5.74) is 0. The highest BCUT2D eigenvalue weighted by Crippen LogP contribution is 2.42. The third kappa shape index (κ3) is 3.42. The summed E-state index contributed by atoms with van der Waals surface area (Å²) in [5.74, 6) is 0. The molecule has 4 heteroatoms. The van der Waals surface area contributed by atoms with Crippen LogP contribution in [0.1, 0.15) is 19.3 Å². The van der Waals surface area contributed by atoms with E-state index >= 15 is 0 Å². The van der Waals surface area contributed by atoms with E-state index in [1.165, 1.54) is 19.3 Å². The van der Waals surface area contributed by atoms with Crippen LogP contribution in [0.25, 0.3) is 0 Å². The van der Waals surface area contributed by atoms with Gasteiger partial charge in [0, 0.05) is 24.9 Å². The van der Waals surface area contributed by atoms with Crippen molar-refractivity contribution in [1.29, 1.82) is 0 Å². The topological polar surface area (TPSA) is 41.5 Å². The Balaban J connectivity index is 2.08. The first kappa shape index (κ1) is 12.3. The molecular formula is C10H21NO2S. The number of nitrogens with one attached hydrogen (secondary N) is 1. The van der Waals surface area contributed by atoms with Crippen LogP contribution in [0.4, 0.5) is 0 Å². The molecule has 1 atom stereocenters. The molecule has 0 heterocycles. The third-order valence-corrected chi connectivity index (χ3v) is 4.30. The van der Waals surface area contributed by atoms with E-state index < -0.39 is 0 Å². The molecule has 0 spiro atoms. The molecule has 0 aromatic carbocycles. The van der Waals surface area contributed by atoms with Crippen molar-refractivity contribution in [1.82, 2.24) is 5.32 Å². The van der Waals surface area contributed by atoms with Crippen LogP contribution in [-0.4, -0.2) is 49.0 Å². The van der Waals surface area contributed by atoms with Crippen molar-refractivity contribution in [2.24, 2.45) is 0 Å². The first-order valence-electron chi connectivity index (χ1n) is 5.15. The minimum absolute atomic E-state index is 0.376. The van der Waals surface area contributed by atoms with Crippen molar-refractivity contribution >= 4 is 11.8 Å². The van der Waals surface area contributed by atoms with Crippen LogP contribution >= 0.6 is 11.8 Å². The summed E-state index contributed by atoms with van der Waals surface area (Å²) in [7, 11) is 1.61. The molecule has 84 valence electrons. The van der Waals surface area contributed by atoms with E-state index in [1.54, 1.807) is 7.11 Å². The maximum absolute atomic E-state index is 9.42. The molecule has 0 aromatic heterocycles. The molecule has 1 aliphatic rings. The van der Waals surface area contributed by atoms with Gasteiger partial charge in [-0.05, 0) is 19.1 Å². The summed E-state index contributed by atoms with van der Waals surface area (Å²) < 4.78 is 5.31. The van der Waals surface area contributed by atoms with Gasteiger partial charge in [-0.2, -0.15) is 11.8 Å². The number of hydrogen-bond donors (Lipinski definition) is 2. The molecule has 0 radical (unpaired) electrons. The lowest BCUT2D eigenvalue weighted by atomic mass is 9.84. The fourth-order valence-electron chi connectivity index (χ4n) is 1.74. The van der Waals surface area contributed by atoms with E-state index in [0.717, 1.165) is 6.54 Å². The molecule has 0 amide bonds. The van der Waals surface area contributed by atoms with Crippen molar-refractivity contribution in [2.75, 3.05) is 33.1 Å². The van der Waals surface area contributed by atoms with Gasteiger partial charge in [-0.3, -0.25) is 0 Å². The Kier molecular flexibility index (Phi) is 5.23. The molecule has 1 fully saturated rings. The number of aliphatic hydroxyl groups is 1. The molecule has 2 N–H and O–H groups in total. The minimum Gasteiger partial charge on any atom is -0.389 e. The number of hydrogen-bond acceptors (Lipinski definition) is 4. The monoisotopic (exact) mass is 219 g/mol. The number of ether oxygens (including phenoxy) is 1. The molecule has 14 heavy (non-hydrogen) atoms. The van der Waals surface area contributed by atoms with Crippen LogP contribution < -0.4 is 5.32 Å². The second kappa shape index (κ2) is 5.95. The second-order valence-corrected chi connectivity index (χ2v) is 5.26. The van der Waals surface area contributed by atoms with Crippen LogP contribution in [-0.2, 0) is 4.74 Å². The maximum Gasteiger partial charge on any atom is 0.0897 e. The van der Waals surface area contributed by atoms with Crippen molar-refractivity contribution in [3.05, 3.63) is 0 Å². The van der Waals surface area contributed by atoms with Gasteiger partial charge in [-0.1, -0.05) is 6.42 Å². The fourth-order valence-corrected chi connectivity index (χ4v) is 2.69. The van der Waals surface area contributed by atoms with Gasteiger partial charge >= 0.3 is 0 Å². The van der Waals surface area contributed by atoms with Gasteiger partial charge in [0.25, 0.3) is 0 Å². The summed E-state index contributed by atoms with van der Waals surface area (Å²) in [6, 6.07) is 0. The molecule has 0 bridgehead atoms. The van der Waals surface area contributed by atoms with Gasteiger partial charge < -0.3 is 15.2 Å². The largest absolute Gasteiger partial charge is 0.389 e. The number of aliphatic hydroxyl groups excluding tert-OH is 1. The van der Waals surface area contributed by atoms with E-state index in [-0.39, 0.29) is 6.10 Å². The first-order chi connectivity index (χ1) is 6.72. The average molecular weight is 219 g/mol. The van der Waals surface area contributed by atoms with Crippen LogP contribution in [0.5, 0.6) is 0 Å². The molecule has 3 nitrogen and oxygen atoms in total. The summed E-state index contributed by atoms with van der Waals surface area (Å²) in [6.07, 6.45) is 5.76. The molecule has 0 aromatic rings. The standard InChI is InChI=1S/C10H21NO2S/c1-13-7-9(12)6-11-8-10(14-2)4-3-5-10/h9,11-12H,3-8H2,1-2H3. The molecule has 0 saturated heterocycles. The van der Waals surface area contributed by atoms with Crippen molar-refractivity contribution < 1.29 is 9.84 Å². The Labute approximate surface area is 90.6 Å². The van der Waals surface area contributed by atoms with Gasteiger partial charge in [-0.15, -0.1) is 0 Å². The molecule has 1 unspecified atom stereocenters. The summed E-state index contributed by atoms with van der Waals surface area (Å²) >= 11 is 1.95. The smallest absolute Gasteiger partial charge is 0.0897 e. The fraction of sp³-hybridized carbons (Fsp3) is 1.00.